The van der Waals surface area contributed by atoms with Gasteiger partial charge in [0.05, 0.1) is 11.7 Å². The van der Waals surface area contributed by atoms with E-state index in [4.69, 9.17) is 0 Å². The minimum atomic E-state index is -0.133. The third-order valence-electron chi connectivity index (χ3n) is 5.21. The summed E-state index contributed by atoms with van der Waals surface area (Å²) in [5.41, 5.74) is 4.54. The second kappa shape index (κ2) is 8.31. The highest BCUT2D eigenvalue weighted by molar-refractivity contribution is 5.82. The average Bonchev–Trinajstić information content (AvgIpc) is 2.74. The van der Waals surface area contributed by atoms with Crippen LogP contribution in [0.1, 0.15) is 17.0 Å². The quantitative estimate of drug-likeness (QED) is 0.748. The summed E-state index contributed by atoms with van der Waals surface area (Å²) in [7, 11) is 2.01. The molecule has 5 heteroatoms. The molecule has 1 atom stereocenters. The zero-order chi connectivity index (χ0) is 19.3. The van der Waals surface area contributed by atoms with E-state index in [9.17, 15) is 4.79 Å². The summed E-state index contributed by atoms with van der Waals surface area (Å²) in [5, 5.41) is 3.06. The maximum Gasteiger partial charge on any atom is 0.237 e. The minimum Gasteiger partial charge on any atom is -0.354 e. The maximum atomic E-state index is 12.7. The van der Waals surface area contributed by atoms with E-state index < -0.39 is 0 Å². The van der Waals surface area contributed by atoms with Crippen LogP contribution in [0.2, 0.25) is 0 Å². The monoisotopic (exact) mass is 372 g/mol. The van der Waals surface area contributed by atoms with Crippen LogP contribution in [-0.2, 0) is 24.2 Å². The van der Waals surface area contributed by atoms with Crippen LogP contribution >= 0.6 is 0 Å². The van der Waals surface area contributed by atoms with Crippen molar-refractivity contribution in [2.45, 2.75) is 25.4 Å². The van der Waals surface area contributed by atoms with Gasteiger partial charge in [0.25, 0.3) is 0 Å². The van der Waals surface area contributed by atoms with Gasteiger partial charge in [-0.1, -0.05) is 54.6 Å². The molecule has 0 saturated heterocycles. The lowest BCUT2D eigenvalue weighted by Gasteiger charge is -2.33. The second-order valence-corrected chi connectivity index (χ2v) is 7.17. The Morgan fingerprint density at radius 2 is 1.82 bits per heavy atom. The van der Waals surface area contributed by atoms with Gasteiger partial charge in [-0.3, -0.25) is 9.69 Å². The SMILES string of the molecule is CN1Cc2ccccc2C[C@H]1C(=O)NCCc1nccc(-c2ccccc2)n1. The molecule has 28 heavy (non-hydrogen) atoms. The highest BCUT2D eigenvalue weighted by Crippen LogP contribution is 2.22. The van der Waals surface area contributed by atoms with Crippen molar-refractivity contribution in [3.8, 4) is 11.3 Å². The van der Waals surface area contributed by atoms with Gasteiger partial charge in [-0.15, -0.1) is 0 Å². The zero-order valence-corrected chi connectivity index (χ0v) is 16.0. The molecule has 0 radical (unpaired) electrons. The first-order chi connectivity index (χ1) is 13.7. The third-order valence-corrected chi connectivity index (χ3v) is 5.21. The number of hydrogen-bond acceptors (Lipinski definition) is 4. The summed E-state index contributed by atoms with van der Waals surface area (Å²) >= 11 is 0. The normalized spacial score (nSPS) is 16.4. The van der Waals surface area contributed by atoms with E-state index in [1.54, 1.807) is 6.20 Å². The van der Waals surface area contributed by atoms with Crippen molar-refractivity contribution in [1.29, 1.82) is 0 Å². The number of carbonyl (C=O) groups excluding carboxylic acids is 1. The lowest BCUT2D eigenvalue weighted by molar-refractivity contribution is -0.126. The van der Waals surface area contributed by atoms with Crippen molar-refractivity contribution in [3.63, 3.8) is 0 Å². The van der Waals surface area contributed by atoms with Crippen LogP contribution in [-0.4, -0.2) is 40.4 Å². The molecular weight excluding hydrogens is 348 g/mol. The molecule has 1 amide bonds. The van der Waals surface area contributed by atoms with Gasteiger partial charge in [-0.05, 0) is 30.7 Å². The Morgan fingerprint density at radius 3 is 2.64 bits per heavy atom. The van der Waals surface area contributed by atoms with Gasteiger partial charge in [0.1, 0.15) is 5.82 Å². The van der Waals surface area contributed by atoms with Crippen LogP contribution in [0, 0.1) is 0 Å². The van der Waals surface area contributed by atoms with E-state index in [2.05, 4.69) is 38.4 Å². The van der Waals surface area contributed by atoms with Gasteiger partial charge in [0.2, 0.25) is 5.91 Å². The van der Waals surface area contributed by atoms with E-state index in [1.165, 1.54) is 11.1 Å². The number of benzene rings is 2. The van der Waals surface area contributed by atoms with Gasteiger partial charge >= 0.3 is 0 Å². The van der Waals surface area contributed by atoms with Gasteiger partial charge in [-0.25, -0.2) is 9.97 Å². The smallest absolute Gasteiger partial charge is 0.237 e. The molecule has 4 rings (SSSR count). The van der Waals surface area contributed by atoms with Crippen molar-refractivity contribution in [2.24, 2.45) is 0 Å². The standard InChI is InChI=1S/C23H24N4O/c1-27-16-19-10-6-5-9-18(19)15-21(27)23(28)25-14-12-22-24-13-11-20(26-22)17-7-3-2-4-8-17/h2-11,13,21H,12,14-16H2,1H3,(H,25,28)/t21-/m0/s1. The Labute approximate surface area is 165 Å². The molecule has 1 aromatic heterocycles. The van der Waals surface area contributed by atoms with Gasteiger partial charge in [0.15, 0.2) is 0 Å². The first-order valence-electron chi connectivity index (χ1n) is 9.63. The summed E-state index contributed by atoms with van der Waals surface area (Å²) < 4.78 is 0. The molecule has 5 nitrogen and oxygen atoms in total. The third kappa shape index (κ3) is 4.10. The fourth-order valence-electron chi connectivity index (χ4n) is 3.65. The van der Waals surface area contributed by atoms with Crippen molar-refractivity contribution in [1.82, 2.24) is 20.2 Å². The van der Waals surface area contributed by atoms with Crippen LogP contribution < -0.4 is 5.32 Å². The van der Waals surface area contributed by atoms with Crippen molar-refractivity contribution < 1.29 is 4.79 Å². The molecule has 1 N–H and O–H groups in total. The van der Waals surface area contributed by atoms with Crippen LogP contribution in [0.25, 0.3) is 11.3 Å². The number of rotatable bonds is 5. The van der Waals surface area contributed by atoms with E-state index in [0.717, 1.165) is 30.0 Å². The molecule has 142 valence electrons. The Hall–Kier alpha value is -3.05. The van der Waals surface area contributed by atoms with Crippen LogP contribution in [0.5, 0.6) is 0 Å². The number of likely N-dealkylation sites (N-methyl/N-ethyl adjacent to an activating group) is 1. The summed E-state index contributed by atoms with van der Waals surface area (Å²) in [5.74, 6) is 0.806. The molecule has 1 aliphatic rings. The van der Waals surface area contributed by atoms with Crippen molar-refractivity contribution in [2.75, 3.05) is 13.6 Å². The molecule has 0 aliphatic carbocycles. The number of fused-ring (bicyclic) bond motifs is 1. The first kappa shape index (κ1) is 18.3. The maximum absolute atomic E-state index is 12.7. The molecule has 0 bridgehead atoms. The summed E-state index contributed by atoms with van der Waals surface area (Å²) in [6.45, 7) is 1.33. The van der Waals surface area contributed by atoms with E-state index >= 15 is 0 Å². The average molecular weight is 372 g/mol. The zero-order valence-electron chi connectivity index (χ0n) is 16.0. The van der Waals surface area contributed by atoms with Crippen molar-refractivity contribution in [3.05, 3.63) is 83.8 Å². The lowest BCUT2D eigenvalue weighted by Crippen LogP contribution is -2.48. The largest absolute Gasteiger partial charge is 0.354 e. The predicted molar refractivity (Wildman–Crippen MR) is 110 cm³/mol. The van der Waals surface area contributed by atoms with Crippen LogP contribution in [0.3, 0.4) is 0 Å². The topological polar surface area (TPSA) is 58.1 Å². The summed E-state index contributed by atoms with van der Waals surface area (Å²) in [6, 6.07) is 20.2. The van der Waals surface area contributed by atoms with E-state index in [-0.39, 0.29) is 11.9 Å². The molecule has 1 aliphatic heterocycles. The Bertz CT molecular complexity index is 958. The first-order valence-corrected chi connectivity index (χ1v) is 9.63. The number of carbonyl (C=O) groups is 1. The van der Waals surface area contributed by atoms with E-state index in [0.29, 0.717) is 13.0 Å². The highest BCUT2D eigenvalue weighted by atomic mass is 16.2. The number of aromatic nitrogens is 2. The Morgan fingerprint density at radius 1 is 1.07 bits per heavy atom. The molecule has 3 aromatic rings. The van der Waals surface area contributed by atoms with Crippen molar-refractivity contribution >= 4 is 5.91 Å². The summed E-state index contributed by atoms with van der Waals surface area (Å²) in [6.07, 6.45) is 3.14. The predicted octanol–water partition coefficient (Wildman–Crippen LogP) is 2.86. The minimum absolute atomic E-state index is 0.0659. The molecule has 2 aromatic carbocycles. The molecule has 2 heterocycles. The highest BCUT2D eigenvalue weighted by Gasteiger charge is 2.28. The lowest BCUT2D eigenvalue weighted by atomic mass is 9.94. The van der Waals surface area contributed by atoms with Crippen LogP contribution in [0.4, 0.5) is 0 Å². The molecular formula is C23H24N4O. The number of hydrogen-bond donors (Lipinski definition) is 1. The summed E-state index contributed by atoms with van der Waals surface area (Å²) in [4.78, 5) is 23.8. The number of nitrogens with one attached hydrogen (secondary N) is 1. The Balaban J connectivity index is 1.35. The fourth-order valence-corrected chi connectivity index (χ4v) is 3.65. The number of nitrogens with zero attached hydrogens (tertiary/aromatic N) is 3. The second-order valence-electron chi connectivity index (χ2n) is 7.17. The Kier molecular flexibility index (Phi) is 5.44. The molecule has 0 saturated carbocycles. The fraction of sp³-hybridized carbons (Fsp3) is 0.261. The van der Waals surface area contributed by atoms with Gasteiger partial charge in [-0.2, -0.15) is 0 Å². The molecule has 0 spiro atoms. The molecule has 0 unspecified atom stereocenters. The van der Waals surface area contributed by atoms with Gasteiger partial charge in [0, 0.05) is 31.3 Å². The van der Waals surface area contributed by atoms with Crippen LogP contribution in [0.15, 0.2) is 66.9 Å². The van der Waals surface area contributed by atoms with E-state index in [1.807, 2.05) is 49.5 Å². The number of amides is 1. The van der Waals surface area contributed by atoms with Gasteiger partial charge < -0.3 is 5.32 Å². The molecule has 0 fully saturated rings.